The zero-order valence-electron chi connectivity index (χ0n) is 12.1. The number of nitrogens with zero attached hydrogens (tertiary/aromatic N) is 4. The number of carbonyl (C=O) groups is 1. The summed E-state index contributed by atoms with van der Waals surface area (Å²) in [5.41, 5.74) is 0.550. The fraction of sp³-hybridized carbons (Fsp3) is 0. The molecule has 0 spiro atoms. The largest absolute Gasteiger partial charge is 0.502 e. The van der Waals surface area contributed by atoms with E-state index in [4.69, 9.17) is 0 Å². The van der Waals surface area contributed by atoms with Gasteiger partial charge in [0.1, 0.15) is 0 Å². The molecule has 0 fully saturated rings. The number of non-ortho nitro benzene ring substituents is 1. The number of halogens is 1. The SMILES string of the molecule is O=C(N/N=C\c1cc([N+](=O)[O-])cc([N+](=O)[O-])c1O)c1cncc(Br)c1. The highest BCUT2D eigenvalue weighted by atomic mass is 79.9. The van der Waals surface area contributed by atoms with Gasteiger partial charge in [-0.2, -0.15) is 5.10 Å². The van der Waals surface area contributed by atoms with E-state index in [1.165, 1.54) is 18.5 Å². The van der Waals surface area contributed by atoms with Gasteiger partial charge in [0.2, 0.25) is 5.75 Å². The number of nitro groups is 2. The maximum Gasteiger partial charge on any atom is 0.318 e. The summed E-state index contributed by atoms with van der Waals surface area (Å²) >= 11 is 3.15. The number of pyridine rings is 1. The third kappa shape index (κ3) is 4.32. The van der Waals surface area contributed by atoms with Crippen molar-refractivity contribution < 1.29 is 19.7 Å². The van der Waals surface area contributed by atoms with Crippen molar-refractivity contribution in [2.75, 3.05) is 0 Å². The number of rotatable bonds is 5. The van der Waals surface area contributed by atoms with Crippen LogP contribution in [0.2, 0.25) is 0 Å². The van der Waals surface area contributed by atoms with E-state index >= 15 is 0 Å². The number of phenols is 1. The van der Waals surface area contributed by atoms with Gasteiger partial charge in [0.25, 0.3) is 11.6 Å². The molecule has 1 amide bonds. The van der Waals surface area contributed by atoms with Crippen LogP contribution in [0.5, 0.6) is 5.75 Å². The van der Waals surface area contributed by atoms with Crippen LogP contribution >= 0.6 is 15.9 Å². The molecule has 25 heavy (non-hydrogen) atoms. The lowest BCUT2D eigenvalue weighted by Crippen LogP contribution is -2.17. The predicted molar refractivity (Wildman–Crippen MR) is 88.4 cm³/mol. The summed E-state index contributed by atoms with van der Waals surface area (Å²) in [4.78, 5) is 35.5. The molecular weight excluding hydrogens is 402 g/mol. The van der Waals surface area contributed by atoms with Crippen LogP contribution in [-0.4, -0.2) is 32.1 Å². The van der Waals surface area contributed by atoms with Crippen LogP contribution in [0, 0.1) is 20.2 Å². The standard InChI is InChI=1S/C13H8BrN5O6/c14-9-1-8(4-15-6-9)13(21)17-16-5-7-2-10(18(22)23)3-11(12(7)20)19(24)25/h1-6,20H,(H,17,21)/b16-5-. The molecule has 0 aliphatic carbocycles. The van der Waals surface area contributed by atoms with Gasteiger partial charge in [0, 0.05) is 22.9 Å². The van der Waals surface area contributed by atoms with Crippen LogP contribution in [0.1, 0.15) is 15.9 Å². The number of nitro benzene ring substituents is 2. The molecule has 1 aromatic carbocycles. The molecular formula is C13H8BrN5O6. The Balaban J connectivity index is 2.27. The van der Waals surface area contributed by atoms with Crippen molar-refractivity contribution in [1.29, 1.82) is 0 Å². The van der Waals surface area contributed by atoms with Crippen LogP contribution in [0.25, 0.3) is 0 Å². The summed E-state index contributed by atoms with van der Waals surface area (Å²) in [6.45, 7) is 0. The Morgan fingerprint density at radius 1 is 1.24 bits per heavy atom. The zero-order chi connectivity index (χ0) is 18.6. The van der Waals surface area contributed by atoms with Crippen LogP contribution in [0.15, 0.2) is 40.2 Å². The summed E-state index contributed by atoms with van der Waals surface area (Å²) in [5, 5.41) is 35.0. The normalized spacial score (nSPS) is 10.6. The topological polar surface area (TPSA) is 161 Å². The number of aromatic hydroxyl groups is 1. The summed E-state index contributed by atoms with van der Waals surface area (Å²) < 4.78 is 0.566. The molecule has 0 atom stereocenters. The Morgan fingerprint density at radius 3 is 2.56 bits per heavy atom. The van der Waals surface area contributed by atoms with E-state index in [1.54, 1.807) is 0 Å². The molecule has 1 heterocycles. The number of amides is 1. The van der Waals surface area contributed by atoms with E-state index in [0.717, 1.165) is 12.3 Å². The van der Waals surface area contributed by atoms with Gasteiger partial charge < -0.3 is 5.11 Å². The number of phenolic OH excluding ortho intramolecular Hbond substituents is 1. The van der Waals surface area contributed by atoms with Crippen LogP contribution in [0.4, 0.5) is 11.4 Å². The lowest BCUT2D eigenvalue weighted by atomic mass is 10.1. The fourth-order valence-corrected chi connectivity index (χ4v) is 2.09. The van der Waals surface area contributed by atoms with E-state index in [-0.39, 0.29) is 11.1 Å². The van der Waals surface area contributed by atoms with Crippen molar-refractivity contribution in [3.8, 4) is 5.75 Å². The number of hydrogen-bond acceptors (Lipinski definition) is 8. The van der Waals surface area contributed by atoms with Gasteiger partial charge in [-0.3, -0.25) is 30.0 Å². The maximum atomic E-state index is 11.9. The quantitative estimate of drug-likeness (QED) is 0.434. The molecule has 0 aliphatic rings. The van der Waals surface area contributed by atoms with Gasteiger partial charge in [-0.25, -0.2) is 5.43 Å². The van der Waals surface area contributed by atoms with Crippen molar-refractivity contribution in [3.05, 3.63) is 66.4 Å². The van der Waals surface area contributed by atoms with E-state index in [9.17, 15) is 30.1 Å². The minimum absolute atomic E-state index is 0.181. The highest BCUT2D eigenvalue weighted by Gasteiger charge is 2.23. The molecule has 0 saturated heterocycles. The van der Waals surface area contributed by atoms with Crippen molar-refractivity contribution in [3.63, 3.8) is 0 Å². The van der Waals surface area contributed by atoms with Gasteiger partial charge >= 0.3 is 5.69 Å². The Hall–Kier alpha value is -3.41. The molecule has 0 radical (unpaired) electrons. The number of aromatic nitrogens is 1. The van der Waals surface area contributed by atoms with Gasteiger partial charge in [-0.1, -0.05) is 0 Å². The Labute approximate surface area is 147 Å². The molecule has 11 nitrogen and oxygen atoms in total. The van der Waals surface area contributed by atoms with Crippen LogP contribution in [-0.2, 0) is 0 Å². The summed E-state index contributed by atoms with van der Waals surface area (Å²) in [6, 6.07) is 2.99. The molecule has 2 rings (SSSR count). The summed E-state index contributed by atoms with van der Waals surface area (Å²) in [6.07, 6.45) is 3.62. The number of nitrogens with one attached hydrogen (secondary N) is 1. The zero-order valence-corrected chi connectivity index (χ0v) is 13.7. The van der Waals surface area contributed by atoms with E-state index < -0.39 is 32.9 Å². The summed E-state index contributed by atoms with van der Waals surface area (Å²) in [5.74, 6) is -1.44. The number of carbonyl (C=O) groups excluding carboxylic acids is 1. The minimum atomic E-state index is -0.967. The highest BCUT2D eigenvalue weighted by molar-refractivity contribution is 9.10. The second-order valence-corrected chi connectivity index (χ2v) is 5.42. The van der Waals surface area contributed by atoms with Gasteiger partial charge in [0.15, 0.2) is 0 Å². The highest BCUT2D eigenvalue weighted by Crippen LogP contribution is 2.33. The fourth-order valence-electron chi connectivity index (χ4n) is 1.73. The first kappa shape index (κ1) is 17.9. The summed E-state index contributed by atoms with van der Waals surface area (Å²) in [7, 11) is 0. The molecule has 1 aromatic heterocycles. The Bertz CT molecular complexity index is 900. The monoisotopic (exact) mass is 409 g/mol. The van der Waals surface area contributed by atoms with Gasteiger partial charge in [-0.15, -0.1) is 0 Å². The third-order valence-corrected chi connectivity index (χ3v) is 3.28. The van der Waals surface area contributed by atoms with E-state index in [0.29, 0.717) is 10.5 Å². The molecule has 0 aliphatic heterocycles. The Morgan fingerprint density at radius 2 is 1.96 bits per heavy atom. The molecule has 2 aromatic rings. The average Bonchev–Trinajstić information content (AvgIpc) is 2.55. The lowest BCUT2D eigenvalue weighted by Gasteiger charge is -2.02. The lowest BCUT2D eigenvalue weighted by molar-refractivity contribution is -0.394. The second-order valence-electron chi connectivity index (χ2n) is 4.51. The first-order valence-electron chi connectivity index (χ1n) is 6.39. The maximum absolute atomic E-state index is 11.9. The van der Waals surface area contributed by atoms with Crippen molar-refractivity contribution in [1.82, 2.24) is 10.4 Å². The van der Waals surface area contributed by atoms with Crippen LogP contribution in [0.3, 0.4) is 0 Å². The number of hydrazone groups is 1. The third-order valence-electron chi connectivity index (χ3n) is 2.85. The number of benzene rings is 1. The molecule has 2 N–H and O–H groups in total. The van der Waals surface area contributed by atoms with Crippen molar-refractivity contribution >= 4 is 39.4 Å². The van der Waals surface area contributed by atoms with E-state index in [2.05, 4.69) is 31.4 Å². The smallest absolute Gasteiger partial charge is 0.318 e. The molecule has 0 bridgehead atoms. The van der Waals surface area contributed by atoms with Gasteiger partial charge in [-0.05, 0) is 22.0 Å². The molecule has 0 saturated carbocycles. The Kier molecular flexibility index (Phi) is 5.34. The average molecular weight is 410 g/mol. The predicted octanol–water partition coefficient (Wildman–Crippen LogP) is 2.13. The molecule has 128 valence electrons. The second kappa shape index (κ2) is 7.44. The van der Waals surface area contributed by atoms with E-state index in [1.807, 2.05) is 0 Å². The molecule has 0 unspecified atom stereocenters. The molecule has 12 heteroatoms. The van der Waals surface area contributed by atoms with Gasteiger partial charge in [0.05, 0.1) is 33.3 Å². The first-order chi connectivity index (χ1) is 11.8. The van der Waals surface area contributed by atoms with Crippen LogP contribution < -0.4 is 5.43 Å². The number of hydrogen-bond donors (Lipinski definition) is 2. The van der Waals surface area contributed by atoms with Crippen molar-refractivity contribution in [2.45, 2.75) is 0 Å². The first-order valence-corrected chi connectivity index (χ1v) is 7.18. The minimum Gasteiger partial charge on any atom is -0.502 e. The van der Waals surface area contributed by atoms with Crippen molar-refractivity contribution in [2.24, 2.45) is 5.10 Å².